The highest BCUT2D eigenvalue weighted by Crippen LogP contribution is 2.28. The van der Waals surface area contributed by atoms with E-state index in [1.807, 2.05) is 0 Å². The van der Waals surface area contributed by atoms with E-state index in [2.05, 4.69) is 35.1 Å². The van der Waals surface area contributed by atoms with Crippen LogP contribution in [0.25, 0.3) is 0 Å². The summed E-state index contributed by atoms with van der Waals surface area (Å²) in [5, 5.41) is 9.75. The van der Waals surface area contributed by atoms with Crippen LogP contribution in [0.15, 0.2) is 0 Å². The maximum absolute atomic E-state index is 11.6. The van der Waals surface area contributed by atoms with Gasteiger partial charge in [-0.05, 0) is 25.2 Å². The van der Waals surface area contributed by atoms with Crippen LogP contribution in [0.1, 0.15) is 33.1 Å². The number of amides is 6. The molecule has 0 aliphatic heterocycles. The first-order valence-electron chi connectivity index (χ1n) is 8.29. The van der Waals surface area contributed by atoms with Crippen LogP contribution in [0.5, 0.6) is 0 Å². The molecule has 8 nitrogen and oxygen atoms in total. The molecule has 10 heteroatoms. The second-order valence-corrected chi connectivity index (χ2v) is 8.67. The van der Waals surface area contributed by atoms with Gasteiger partial charge in [-0.15, -0.1) is 0 Å². The summed E-state index contributed by atoms with van der Waals surface area (Å²) >= 11 is 0. The zero-order valence-corrected chi connectivity index (χ0v) is 16.2. The Morgan fingerprint density at radius 3 is 2.24 bits per heavy atom. The molecule has 0 aromatic heterocycles. The average molecular weight is 391 g/mol. The number of urea groups is 2. The number of carbonyl (C=O) groups excluding carboxylic acids is 4. The van der Waals surface area contributed by atoms with Crippen molar-refractivity contribution in [3.05, 3.63) is 0 Å². The normalized spacial score (nSPS) is 13.2. The highest BCUT2D eigenvalue weighted by molar-refractivity contribution is 8.76. The van der Waals surface area contributed by atoms with Gasteiger partial charge in [0, 0.05) is 24.8 Å². The first kappa shape index (κ1) is 21.6. The predicted octanol–water partition coefficient (Wildman–Crippen LogP) is 1.48. The summed E-state index contributed by atoms with van der Waals surface area (Å²) in [6.45, 7) is 5.04. The minimum atomic E-state index is -0.488. The number of hydrogen-bond donors (Lipinski definition) is 4. The van der Waals surface area contributed by atoms with Gasteiger partial charge in [-0.3, -0.25) is 20.2 Å². The zero-order valence-electron chi connectivity index (χ0n) is 14.6. The third-order valence-electron chi connectivity index (χ3n) is 3.19. The van der Waals surface area contributed by atoms with Crippen LogP contribution in [0.3, 0.4) is 0 Å². The molecule has 6 amide bonds. The fourth-order valence-electron chi connectivity index (χ4n) is 1.65. The molecule has 0 saturated heterocycles. The van der Waals surface area contributed by atoms with Gasteiger partial charge in [0.25, 0.3) is 0 Å². The summed E-state index contributed by atoms with van der Waals surface area (Å²) in [4.78, 5) is 45.8. The third kappa shape index (κ3) is 11.7. The van der Waals surface area contributed by atoms with Crippen LogP contribution < -0.4 is 21.3 Å². The minimum absolute atomic E-state index is 0.00299. The molecular weight excluding hydrogens is 364 g/mol. The van der Waals surface area contributed by atoms with Crippen LogP contribution in [0.2, 0.25) is 0 Å². The van der Waals surface area contributed by atoms with E-state index in [0.29, 0.717) is 24.8 Å². The van der Waals surface area contributed by atoms with E-state index in [9.17, 15) is 19.2 Å². The van der Waals surface area contributed by atoms with Gasteiger partial charge >= 0.3 is 12.1 Å². The van der Waals surface area contributed by atoms with Crippen molar-refractivity contribution in [3.8, 4) is 0 Å². The van der Waals surface area contributed by atoms with Crippen LogP contribution in [-0.4, -0.2) is 48.5 Å². The van der Waals surface area contributed by atoms with E-state index in [-0.39, 0.29) is 23.5 Å². The van der Waals surface area contributed by atoms with E-state index in [0.717, 1.165) is 19.3 Å². The van der Waals surface area contributed by atoms with Gasteiger partial charge in [0.15, 0.2) is 0 Å². The Hall–Kier alpha value is -1.42. The van der Waals surface area contributed by atoms with Crippen molar-refractivity contribution in [2.45, 2.75) is 33.1 Å². The number of carbonyl (C=O) groups is 4. The average Bonchev–Trinajstić information content (AvgIpc) is 3.35. The van der Waals surface area contributed by atoms with Crippen LogP contribution in [0, 0.1) is 11.8 Å². The molecule has 0 spiro atoms. The van der Waals surface area contributed by atoms with E-state index < -0.39 is 12.1 Å². The van der Waals surface area contributed by atoms with Crippen molar-refractivity contribution in [1.82, 2.24) is 21.3 Å². The quantitative estimate of drug-likeness (QED) is 0.332. The Labute approximate surface area is 155 Å². The summed E-state index contributed by atoms with van der Waals surface area (Å²) in [5.74, 6) is 0.642. The van der Waals surface area contributed by atoms with Gasteiger partial charge in [0.1, 0.15) is 0 Å². The topological polar surface area (TPSA) is 116 Å². The number of imide groups is 2. The molecule has 1 aliphatic carbocycles. The lowest BCUT2D eigenvalue weighted by Gasteiger charge is -2.08. The van der Waals surface area contributed by atoms with Crippen molar-refractivity contribution in [2.24, 2.45) is 11.8 Å². The van der Waals surface area contributed by atoms with E-state index in [4.69, 9.17) is 0 Å². The van der Waals surface area contributed by atoms with Crippen molar-refractivity contribution < 1.29 is 19.2 Å². The lowest BCUT2D eigenvalue weighted by Crippen LogP contribution is -2.41. The lowest BCUT2D eigenvalue weighted by atomic mass is 10.1. The molecule has 4 N–H and O–H groups in total. The predicted molar refractivity (Wildman–Crippen MR) is 100 cm³/mol. The number of hydrogen-bond acceptors (Lipinski definition) is 6. The van der Waals surface area contributed by atoms with Gasteiger partial charge in [0.2, 0.25) is 11.8 Å². The highest BCUT2D eigenvalue weighted by Gasteiger charge is 2.30. The van der Waals surface area contributed by atoms with Gasteiger partial charge < -0.3 is 10.6 Å². The summed E-state index contributed by atoms with van der Waals surface area (Å²) in [6.07, 6.45) is 2.56. The summed E-state index contributed by atoms with van der Waals surface area (Å²) in [6, 6.07) is -0.965. The maximum Gasteiger partial charge on any atom is 0.321 e. The van der Waals surface area contributed by atoms with Gasteiger partial charge in [-0.2, -0.15) is 0 Å². The van der Waals surface area contributed by atoms with E-state index in [1.54, 1.807) is 0 Å². The van der Waals surface area contributed by atoms with Crippen molar-refractivity contribution in [3.63, 3.8) is 0 Å². The molecular formula is C15H26N4O4S2. The Morgan fingerprint density at radius 2 is 1.60 bits per heavy atom. The molecule has 0 aromatic rings. The molecule has 1 aliphatic rings. The third-order valence-corrected chi connectivity index (χ3v) is 5.46. The number of nitrogens with one attached hydrogen (secondary N) is 4. The molecule has 1 rings (SSSR count). The monoisotopic (exact) mass is 390 g/mol. The van der Waals surface area contributed by atoms with Crippen molar-refractivity contribution in [1.29, 1.82) is 0 Å². The molecule has 0 bridgehead atoms. The Bertz CT molecular complexity index is 484. The van der Waals surface area contributed by atoms with Gasteiger partial charge in [-0.1, -0.05) is 35.4 Å². The van der Waals surface area contributed by atoms with E-state index in [1.165, 1.54) is 21.6 Å². The fraction of sp³-hybridized carbons (Fsp3) is 0.733. The van der Waals surface area contributed by atoms with Gasteiger partial charge in [-0.25, -0.2) is 9.59 Å². The van der Waals surface area contributed by atoms with Crippen molar-refractivity contribution in [2.75, 3.05) is 24.6 Å². The summed E-state index contributed by atoms with van der Waals surface area (Å²) < 4.78 is 0. The maximum atomic E-state index is 11.6. The standard InChI is InChI=1S/C15H26N4O4S2/c1-10(2)5-6-16-14(22)18-12(20)9-25-24-8-7-17-15(23)19-13(21)11-3-4-11/h10-11H,3-9H2,1-2H3,(H2,16,18,20,22)(H2,17,19,21,23). The van der Waals surface area contributed by atoms with E-state index >= 15 is 0 Å². The Morgan fingerprint density at radius 1 is 0.960 bits per heavy atom. The lowest BCUT2D eigenvalue weighted by molar-refractivity contribution is -0.121. The summed E-state index contributed by atoms with van der Waals surface area (Å²) in [5.41, 5.74) is 0. The first-order chi connectivity index (χ1) is 11.9. The molecule has 0 heterocycles. The SMILES string of the molecule is CC(C)CCNC(=O)NC(=O)CSSCCNC(=O)NC(=O)C1CC1. The van der Waals surface area contributed by atoms with Crippen LogP contribution >= 0.6 is 21.6 Å². The fourth-order valence-corrected chi connectivity index (χ4v) is 3.39. The summed E-state index contributed by atoms with van der Waals surface area (Å²) in [7, 11) is 2.71. The molecule has 1 fully saturated rings. The minimum Gasteiger partial charge on any atom is -0.338 e. The molecule has 0 atom stereocenters. The zero-order chi connectivity index (χ0) is 18.7. The molecule has 0 radical (unpaired) electrons. The van der Waals surface area contributed by atoms with Crippen molar-refractivity contribution >= 4 is 45.5 Å². The van der Waals surface area contributed by atoms with Crippen LogP contribution in [-0.2, 0) is 9.59 Å². The number of rotatable bonds is 10. The second kappa shape index (κ2) is 12.0. The van der Waals surface area contributed by atoms with Crippen LogP contribution in [0.4, 0.5) is 9.59 Å². The van der Waals surface area contributed by atoms with Gasteiger partial charge in [0.05, 0.1) is 5.75 Å². The molecule has 0 unspecified atom stereocenters. The Kier molecular flexibility index (Phi) is 10.4. The highest BCUT2D eigenvalue weighted by atomic mass is 33.1. The first-order valence-corrected chi connectivity index (χ1v) is 10.8. The Balaban J connectivity index is 1.94. The molecule has 25 heavy (non-hydrogen) atoms. The largest absolute Gasteiger partial charge is 0.338 e. The molecule has 142 valence electrons. The smallest absolute Gasteiger partial charge is 0.321 e. The molecule has 0 aromatic carbocycles. The second-order valence-electron chi connectivity index (χ2n) is 6.09. The molecule has 1 saturated carbocycles.